The molecule has 1 aliphatic heterocycles. The molecule has 2 aromatic carbocycles. The lowest BCUT2D eigenvalue weighted by Gasteiger charge is -2.27. The Morgan fingerprint density at radius 2 is 1.59 bits per heavy atom. The topological polar surface area (TPSA) is 205 Å². The lowest BCUT2D eigenvalue weighted by molar-refractivity contribution is -0.432. The van der Waals surface area contributed by atoms with E-state index in [1.165, 1.54) is 12.1 Å². The summed E-state index contributed by atoms with van der Waals surface area (Å²) in [5.74, 6) is -0.972. The molecular formula is C34H41NO12S4. The van der Waals surface area contributed by atoms with Crippen LogP contribution in [-0.4, -0.2) is 62.2 Å². The maximum Gasteiger partial charge on any atom is 0.294 e. The van der Waals surface area contributed by atoms with Crippen LogP contribution in [0.4, 0.5) is 5.69 Å². The number of benzene rings is 2. The number of unbranched alkanes of at least 4 members (excludes halogenated alkanes) is 1. The van der Waals surface area contributed by atoms with Crippen molar-refractivity contribution in [3.05, 3.63) is 106 Å². The van der Waals surface area contributed by atoms with Gasteiger partial charge in [0.05, 0.1) is 22.7 Å². The number of allylic oxidation sites excluding steroid dienone is 9. The molecule has 4 rings (SSSR count). The van der Waals surface area contributed by atoms with Gasteiger partial charge >= 0.3 is 0 Å². The van der Waals surface area contributed by atoms with Crippen molar-refractivity contribution in [2.45, 2.75) is 68.1 Å². The van der Waals surface area contributed by atoms with Crippen LogP contribution in [0.5, 0.6) is 0 Å². The molecule has 17 heteroatoms. The molecule has 0 spiro atoms. The zero-order chi connectivity index (χ0) is 38.0. The minimum atomic E-state index is -4.46. The third-order valence-electron chi connectivity index (χ3n) is 8.91. The van der Waals surface area contributed by atoms with Gasteiger partial charge in [0.15, 0.2) is 0 Å². The lowest BCUT2D eigenvalue weighted by Crippen LogP contribution is -2.27. The Kier molecular flexibility index (Phi) is 12.3. The van der Waals surface area contributed by atoms with Crippen LogP contribution in [0, 0.1) is 0 Å². The van der Waals surface area contributed by atoms with Gasteiger partial charge in [-0.25, -0.2) is 5.26 Å². The van der Waals surface area contributed by atoms with E-state index < -0.39 is 46.9 Å². The van der Waals surface area contributed by atoms with Crippen molar-refractivity contribution >= 4 is 53.7 Å². The first-order valence-corrected chi connectivity index (χ1v) is 21.0. The van der Waals surface area contributed by atoms with Crippen molar-refractivity contribution in [1.82, 2.24) is 0 Å². The first-order valence-electron chi connectivity index (χ1n) is 15.6. The van der Waals surface area contributed by atoms with Crippen molar-refractivity contribution in [3.8, 4) is 0 Å². The zero-order valence-corrected chi connectivity index (χ0v) is 31.9. The van der Waals surface area contributed by atoms with E-state index in [4.69, 9.17) is 9.81 Å². The summed E-state index contributed by atoms with van der Waals surface area (Å²) in [6, 6.07) is 9.55. The Labute approximate surface area is 303 Å². The van der Waals surface area contributed by atoms with Gasteiger partial charge in [-0.3, -0.25) is 13.7 Å². The Balaban J connectivity index is 1.64. The maximum atomic E-state index is 12.0. The predicted octanol–water partition coefficient (Wildman–Crippen LogP) is 6.70. The van der Waals surface area contributed by atoms with E-state index in [0.717, 1.165) is 28.9 Å². The molecule has 278 valence electrons. The fourth-order valence-corrected chi connectivity index (χ4v) is 8.63. The third kappa shape index (κ3) is 9.87. The first-order chi connectivity index (χ1) is 23.6. The van der Waals surface area contributed by atoms with Gasteiger partial charge in [0, 0.05) is 33.7 Å². The summed E-state index contributed by atoms with van der Waals surface area (Å²) >= 11 is 0.778. The van der Waals surface area contributed by atoms with Crippen molar-refractivity contribution in [2.24, 2.45) is 0 Å². The van der Waals surface area contributed by atoms with Crippen molar-refractivity contribution < 1.29 is 53.5 Å². The Morgan fingerprint density at radius 3 is 2.22 bits per heavy atom. The quantitative estimate of drug-likeness (QED) is 0.0371. The highest BCUT2D eigenvalue weighted by molar-refractivity contribution is 7.94. The van der Waals surface area contributed by atoms with Gasteiger partial charge in [0.2, 0.25) is 0 Å². The number of nitrogens with zero attached hydrogens (tertiary/aromatic N) is 1. The van der Waals surface area contributed by atoms with E-state index in [1.54, 1.807) is 36.4 Å². The van der Waals surface area contributed by atoms with Crippen LogP contribution in [0.3, 0.4) is 0 Å². The number of hydrogen-bond acceptors (Lipinski definition) is 11. The molecule has 0 radical (unpaired) electrons. The minimum Gasteiger partial charge on any atom is -0.344 e. The van der Waals surface area contributed by atoms with Crippen LogP contribution < -0.4 is 4.90 Å². The van der Waals surface area contributed by atoms with Crippen molar-refractivity contribution in [3.63, 3.8) is 0 Å². The van der Waals surface area contributed by atoms with Crippen molar-refractivity contribution in [2.75, 3.05) is 23.0 Å². The van der Waals surface area contributed by atoms with Gasteiger partial charge in [-0.05, 0) is 84.0 Å². The van der Waals surface area contributed by atoms with Gasteiger partial charge in [-0.2, -0.15) is 25.3 Å². The average Bonchev–Trinajstić information content (AvgIpc) is 3.34. The molecule has 4 N–H and O–H groups in total. The van der Waals surface area contributed by atoms with E-state index in [0.29, 0.717) is 45.8 Å². The van der Waals surface area contributed by atoms with Gasteiger partial charge in [0.1, 0.15) is 5.75 Å². The normalized spacial score (nSPS) is 18.4. The van der Waals surface area contributed by atoms with Crippen molar-refractivity contribution in [1.29, 1.82) is 0 Å². The molecular weight excluding hydrogens is 743 g/mol. The molecule has 1 heterocycles. The zero-order valence-electron chi connectivity index (χ0n) is 28.6. The molecule has 0 saturated carbocycles. The molecule has 2 aromatic rings. The smallest absolute Gasteiger partial charge is 0.294 e. The summed E-state index contributed by atoms with van der Waals surface area (Å²) in [6.07, 6.45) is 11.6. The van der Waals surface area contributed by atoms with E-state index >= 15 is 0 Å². The molecule has 0 amide bonds. The third-order valence-corrected chi connectivity index (χ3v) is 11.8. The molecule has 1 aliphatic carbocycles. The Morgan fingerprint density at radius 1 is 0.882 bits per heavy atom. The number of fused-ring (bicyclic) bond motifs is 2. The second-order valence-corrected chi connectivity index (χ2v) is 18.5. The van der Waals surface area contributed by atoms with Crippen LogP contribution in [0.2, 0.25) is 0 Å². The summed E-state index contributed by atoms with van der Waals surface area (Å²) < 4.78 is 104. The second-order valence-electron chi connectivity index (χ2n) is 13.3. The summed E-state index contributed by atoms with van der Waals surface area (Å²) in [7, 11) is -12.9. The standard InChI is InChI=1S/C34H41NO12S4/c1-23(10-8-12-28-27(22-50(40,41)42)26-16-14-24(48-47-46-36)20-29(26)33(28,2)3)11-9-13-32-34(4,5)30-21-25(51(43,44)45)15-17-31(30)35(32)18-6-7-19-49(37,38)39/h8-17,20-21,36H,6-7,18-19,22H2,1-5H3,(H,37,38,39)(H,40,41,42)(H,43,44,45)/b11-9+,12-8+,23-10+,32-13+. The van der Waals surface area contributed by atoms with Gasteiger partial charge < -0.3 is 4.90 Å². The lowest BCUT2D eigenvalue weighted by atomic mass is 9.81. The molecule has 0 atom stereocenters. The summed E-state index contributed by atoms with van der Waals surface area (Å²) in [6.45, 7) is 9.94. The fraction of sp³-hybridized carbons (Fsp3) is 0.353. The van der Waals surface area contributed by atoms with Crippen LogP contribution in [0.25, 0.3) is 5.57 Å². The van der Waals surface area contributed by atoms with E-state index in [1.807, 2.05) is 63.8 Å². The highest BCUT2D eigenvalue weighted by atomic mass is 32.2. The van der Waals surface area contributed by atoms with E-state index in [9.17, 15) is 34.4 Å². The highest BCUT2D eigenvalue weighted by Crippen LogP contribution is 2.49. The van der Waals surface area contributed by atoms with Crippen LogP contribution in [-0.2, 0) is 50.6 Å². The summed E-state index contributed by atoms with van der Waals surface area (Å²) in [4.78, 5) is 2.33. The molecule has 0 bridgehead atoms. The molecule has 0 fully saturated rings. The Bertz CT molecular complexity index is 2160. The molecule has 0 saturated heterocycles. The van der Waals surface area contributed by atoms with E-state index in [2.05, 4.69) is 9.37 Å². The molecule has 2 aliphatic rings. The molecule has 13 nitrogen and oxygen atoms in total. The number of hydrogen-bond donors (Lipinski definition) is 4. The van der Waals surface area contributed by atoms with Crippen LogP contribution in [0.15, 0.2) is 99.5 Å². The number of rotatable bonds is 15. The monoisotopic (exact) mass is 783 g/mol. The van der Waals surface area contributed by atoms with Crippen LogP contribution >= 0.6 is 12.0 Å². The van der Waals surface area contributed by atoms with Crippen LogP contribution in [0.1, 0.15) is 64.2 Å². The number of anilines is 1. The predicted molar refractivity (Wildman–Crippen MR) is 196 cm³/mol. The Hall–Kier alpha value is -3.10. The van der Waals surface area contributed by atoms with Gasteiger partial charge in [-0.1, -0.05) is 74.8 Å². The molecule has 51 heavy (non-hydrogen) atoms. The highest BCUT2D eigenvalue weighted by Gasteiger charge is 2.41. The maximum absolute atomic E-state index is 12.0. The molecule has 0 aromatic heterocycles. The summed E-state index contributed by atoms with van der Waals surface area (Å²) in [5, 5.41) is 12.2. The summed E-state index contributed by atoms with van der Waals surface area (Å²) in [5.41, 5.74) is 4.24. The van der Waals surface area contributed by atoms with E-state index in [-0.39, 0.29) is 17.1 Å². The second kappa shape index (κ2) is 15.5. The largest absolute Gasteiger partial charge is 0.344 e. The minimum absolute atomic E-state index is 0.211. The average molecular weight is 784 g/mol. The molecule has 0 unspecified atom stereocenters. The first kappa shape index (κ1) is 40.7. The van der Waals surface area contributed by atoms with Gasteiger partial charge in [0.25, 0.3) is 30.4 Å². The SMILES string of the molecule is CC(/C=C/C=C1/N(CCCCS(=O)(=O)O)c2ccc(S(=O)(=O)O)cc2C1(C)C)=C\C=C\C1=C(CS(=O)(=O)O)c2ccc(SOOO)cc2C1(C)C. The van der Waals surface area contributed by atoms with Gasteiger partial charge in [-0.15, -0.1) is 4.33 Å². The fourth-order valence-electron chi connectivity index (χ4n) is 6.48.